The molecule has 0 N–H and O–H groups in total. The molecule has 12 rings (SSSR count). The predicted octanol–water partition coefficient (Wildman–Crippen LogP) is 14.5. The summed E-state index contributed by atoms with van der Waals surface area (Å²) in [5, 5.41) is 0.455. The molecule has 4 bridgehead atoms. The van der Waals surface area contributed by atoms with E-state index in [0.717, 1.165) is 16.7 Å². The van der Waals surface area contributed by atoms with Gasteiger partial charge >= 0.3 is 5.97 Å². The first-order valence-corrected chi connectivity index (χ1v) is 27.9. The molecule has 0 saturated carbocycles. The molecule has 84 heavy (non-hydrogen) atoms. The van der Waals surface area contributed by atoms with Crippen molar-refractivity contribution in [2.45, 2.75) is 37.8 Å². The van der Waals surface area contributed by atoms with Crippen molar-refractivity contribution in [1.82, 2.24) is 19.4 Å². The molecule has 0 aliphatic carbocycles. The van der Waals surface area contributed by atoms with Crippen LogP contribution in [-0.2, 0) is 32.9 Å². The van der Waals surface area contributed by atoms with Gasteiger partial charge in [0, 0.05) is 41.7 Å². The van der Waals surface area contributed by atoms with Crippen LogP contribution >= 0.6 is 34.8 Å². The fourth-order valence-corrected chi connectivity index (χ4v) is 11.2. The number of halogens is 4. The summed E-state index contributed by atoms with van der Waals surface area (Å²) in [5.74, 6) is 2.11. The lowest BCUT2D eigenvalue weighted by Crippen LogP contribution is -2.39. The number of rotatable bonds is 16. The molecular weight excluding hydrogens is 1130 g/mol. The molecule has 426 valence electrons. The number of carbonyl (C=O) groups excluding carboxylic acids is 1. The number of benzene rings is 7. The van der Waals surface area contributed by atoms with Gasteiger partial charge in [-0.05, 0) is 120 Å². The Morgan fingerprint density at radius 2 is 1.38 bits per heavy atom. The minimum Gasteiger partial charge on any atom is -0.497 e. The van der Waals surface area contributed by atoms with Gasteiger partial charge in [-0.1, -0.05) is 114 Å². The van der Waals surface area contributed by atoms with E-state index in [9.17, 15) is 9.18 Å². The average molecular weight is 1190 g/mol. The summed E-state index contributed by atoms with van der Waals surface area (Å²) < 4.78 is 73.3. The Morgan fingerprint density at radius 1 is 0.702 bits per heavy atom. The Labute approximate surface area is 499 Å². The van der Waals surface area contributed by atoms with Gasteiger partial charge in [-0.2, -0.15) is 0 Å². The molecule has 2 aliphatic rings. The molecule has 0 fully saturated rings. The fraction of sp³-hybridized carbons (Fsp3) is 0.182. The monoisotopic (exact) mass is 1190 g/mol. The van der Waals surface area contributed by atoms with E-state index in [1.807, 2.05) is 103 Å². The highest BCUT2D eigenvalue weighted by atomic mass is 35.5. The number of nitrogens with zero attached hydrogens (tertiary/aromatic N) is 4. The molecule has 2 aliphatic heterocycles. The van der Waals surface area contributed by atoms with Gasteiger partial charge in [-0.25, -0.2) is 24.1 Å². The Balaban J connectivity index is 1.06. The van der Waals surface area contributed by atoms with E-state index in [1.165, 1.54) is 18.3 Å². The van der Waals surface area contributed by atoms with Crippen LogP contribution in [0.25, 0.3) is 39.2 Å². The third-order valence-electron chi connectivity index (χ3n) is 14.2. The second kappa shape index (κ2) is 25.3. The van der Waals surface area contributed by atoms with E-state index in [0.29, 0.717) is 79.2 Å². The lowest BCUT2D eigenvalue weighted by Gasteiger charge is -2.37. The Kier molecular flexibility index (Phi) is 17.2. The van der Waals surface area contributed by atoms with Crippen LogP contribution in [0.4, 0.5) is 4.39 Å². The van der Waals surface area contributed by atoms with Crippen molar-refractivity contribution in [2.75, 3.05) is 41.2 Å². The molecule has 0 saturated heterocycles. The molecule has 0 spiro atoms. The first kappa shape index (κ1) is 57.0. The Bertz CT molecular complexity index is 3900. The van der Waals surface area contributed by atoms with Crippen LogP contribution in [0, 0.1) is 5.82 Å². The van der Waals surface area contributed by atoms with Crippen molar-refractivity contribution >= 4 is 46.3 Å². The van der Waals surface area contributed by atoms with Crippen molar-refractivity contribution in [3.05, 3.63) is 231 Å². The Hall–Kier alpha value is -8.86. The highest BCUT2D eigenvalue weighted by molar-refractivity contribution is 6.38. The number of carbonyl (C=O) groups is 1. The van der Waals surface area contributed by atoms with Gasteiger partial charge in [0.05, 0.1) is 55.8 Å². The SMILES string of the molecule is CCOC(=O)[C@H]1Cc2cc(ccc2OCc2ccnc(-c3ccccc3OC)n2)OC[C@@H](COC(c2ccccc2)(c2ccc(OC)cc2)c2ccc(OC)cc2)Oc2c(Cl)cc(cc2Cl)-c2c(-c3ccc(F)cc3)c(Cl)n3ccnc(c23)O1. The van der Waals surface area contributed by atoms with E-state index < -0.39 is 29.6 Å². The maximum absolute atomic E-state index is 14.6. The maximum atomic E-state index is 14.6. The van der Waals surface area contributed by atoms with Gasteiger partial charge in [-0.3, -0.25) is 0 Å². The van der Waals surface area contributed by atoms with Gasteiger partial charge in [0.25, 0.3) is 0 Å². The molecule has 14 nitrogen and oxygen atoms in total. The zero-order chi connectivity index (χ0) is 58.3. The molecule has 18 heteroatoms. The maximum Gasteiger partial charge on any atom is 0.347 e. The molecule has 2 atom stereocenters. The molecule has 0 radical (unpaired) electrons. The van der Waals surface area contributed by atoms with Gasteiger partial charge < -0.3 is 47.0 Å². The van der Waals surface area contributed by atoms with Crippen molar-refractivity contribution < 1.29 is 51.8 Å². The van der Waals surface area contributed by atoms with E-state index in [1.54, 1.807) is 93.6 Å². The quantitative estimate of drug-likeness (QED) is 0.0669. The highest BCUT2D eigenvalue weighted by Crippen LogP contribution is 2.49. The molecule has 0 unspecified atom stereocenters. The molecular formula is C66H54Cl3FN4O10. The molecule has 7 aromatic carbocycles. The van der Waals surface area contributed by atoms with Crippen LogP contribution in [0.1, 0.15) is 34.9 Å². The van der Waals surface area contributed by atoms with E-state index >= 15 is 0 Å². The zero-order valence-corrected chi connectivity index (χ0v) is 48.2. The van der Waals surface area contributed by atoms with E-state index in [4.69, 9.17) is 87.4 Å². The van der Waals surface area contributed by atoms with Crippen LogP contribution in [0.3, 0.4) is 0 Å². The molecule has 3 aromatic heterocycles. The smallest absolute Gasteiger partial charge is 0.347 e. The molecule has 10 aromatic rings. The third-order valence-corrected chi connectivity index (χ3v) is 15.2. The van der Waals surface area contributed by atoms with Crippen LogP contribution < -0.4 is 33.2 Å². The highest BCUT2D eigenvalue weighted by Gasteiger charge is 2.40. The Morgan fingerprint density at radius 3 is 2.06 bits per heavy atom. The average Bonchev–Trinajstić information content (AvgIpc) is 2.04. The topological polar surface area (TPSA) is 143 Å². The number of hydrogen-bond acceptors (Lipinski definition) is 13. The minimum atomic E-state index is -1.34. The summed E-state index contributed by atoms with van der Waals surface area (Å²) in [6.45, 7) is 1.50. The summed E-state index contributed by atoms with van der Waals surface area (Å²) in [6, 6.07) is 48.9. The van der Waals surface area contributed by atoms with Gasteiger partial charge in [-0.15, -0.1) is 0 Å². The summed E-state index contributed by atoms with van der Waals surface area (Å²) >= 11 is 22.1. The standard InChI is InChI=1S/C66H54Cl3FN4O10/c1-5-79-65(75)57-36-41-33-50(27-28-55(41)81-37-47-29-30-71-63(73-47)52-13-9-10-14-56(52)78-4)80-38-51(39-82-66(43-11-7-6-8-12-43,44-17-23-48(76-2)24-18-44)45-19-25-49(77-3)26-20-45)83-61-53(67)34-42(35-54(61)68)58-59(40-15-21-46(70)22-16-40)62(69)74-32-31-72-64(84-57)60(58)74/h6-35,51,57H,5,36-39H2,1-4H3/t51-,57+/m0/s1. The third kappa shape index (κ3) is 11.7. The van der Waals surface area contributed by atoms with Gasteiger partial charge in [0.2, 0.25) is 12.0 Å². The number of ether oxygens (including phenoxy) is 9. The number of aromatic nitrogens is 4. The second-order valence-corrected chi connectivity index (χ2v) is 20.5. The lowest BCUT2D eigenvalue weighted by molar-refractivity contribution is -0.151. The lowest BCUT2D eigenvalue weighted by atomic mass is 9.80. The van der Waals surface area contributed by atoms with Crippen LogP contribution in [0.2, 0.25) is 15.2 Å². The predicted molar refractivity (Wildman–Crippen MR) is 319 cm³/mol. The van der Waals surface area contributed by atoms with Crippen molar-refractivity contribution in [1.29, 1.82) is 0 Å². The minimum absolute atomic E-state index is 0.000602. The number of methoxy groups -OCH3 is 3. The summed E-state index contributed by atoms with van der Waals surface area (Å²) in [4.78, 5) is 28.4. The van der Waals surface area contributed by atoms with Gasteiger partial charge in [0.1, 0.15) is 64.0 Å². The summed E-state index contributed by atoms with van der Waals surface area (Å²) in [7, 11) is 4.82. The number of para-hydroxylation sites is 1. The second-order valence-electron chi connectivity index (χ2n) is 19.3. The zero-order valence-electron chi connectivity index (χ0n) is 45.9. The first-order valence-electron chi connectivity index (χ1n) is 26.7. The number of esters is 1. The normalized spacial score (nSPS) is 14.1. The van der Waals surface area contributed by atoms with E-state index in [2.05, 4.69) is 4.98 Å². The van der Waals surface area contributed by atoms with Crippen LogP contribution in [-0.4, -0.2) is 78.7 Å². The molecule has 5 heterocycles. The number of hydrogen-bond donors (Lipinski definition) is 0. The van der Waals surface area contributed by atoms with Crippen LogP contribution in [0.5, 0.6) is 40.4 Å². The first-order chi connectivity index (χ1) is 41.0. The van der Waals surface area contributed by atoms with Crippen molar-refractivity contribution in [2.24, 2.45) is 0 Å². The number of fused-ring (bicyclic) bond motifs is 7. The molecule has 0 amide bonds. The summed E-state index contributed by atoms with van der Waals surface area (Å²) in [5.41, 5.74) is 5.15. The van der Waals surface area contributed by atoms with Crippen LogP contribution in [0.15, 0.2) is 182 Å². The van der Waals surface area contributed by atoms with Crippen molar-refractivity contribution in [3.8, 4) is 74.0 Å². The van der Waals surface area contributed by atoms with E-state index in [-0.39, 0.29) is 59.7 Å². The van der Waals surface area contributed by atoms with Gasteiger partial charge in [0.15, 0.2) is 17.7 Å². The van der Waals surface area contributed by atoms with Crippen molar-refractivity contribution in [3.63, 3.8) is 0 Å². The summed E-state index contributed by atoms with van der Waals surface area (Å²) in [6.07, 6.45) is 2.40. The fourth-order valence-electron chi connectivity index (χ4n) is 10.2. The largest absolute Gasteiger partial charge is 0.497 e.